The fourth-order valence-electron chi connectivity index (χ4n) is 2.80. The molecule has 2 aromatic rings. The first kappa shape index (κ1) is 15.6. The van der Waals surface area contributed by atoms with Gasteiger partial charge in [0.15, 0.2) is 0 Å². The molecule has 0 saturated heterocycles. The lowest BCUT2D eigenvalue weighted by Gasteiger charge is -2.21. The highest BCUT2D eigenvalue weighted by Crippen LogP contribution is 2.40. The Bertz CT molecular complexity index is 707. The Kier molecular flexibility index (Phi) is 3.43. The molecule has 3 heteroatoms. The van der Waals surface area contributed by atoms with E-state index in [2.05, 4.69) is 26.8 Å². The normalized spacial score (nSPS) is 12.9. The minimum Gasteiger partial charge on any atom is -0.475 e. The van der Waals surface area contributed by atoms with Crippen LogP contribution in [0.2, 0.25) is 0 Å². The molecule has 114 valence electrons. The Morgan fingerprint density at radius 2 is 1.62 bits per heavy atom. The van der Waals surface area contributed by atoms with Gasteiger partial charge in [-0.2, -0.15) is 0 Å². The Balaban J connectivity index is 2.99. The largest absolute Gasteiger partial charge is 0.475 e. The summed E-state index contributed by atoms with van der Waals surface area (Å²) in [5.41, 5.74) is 3.26. The van der Waals surface area contributed by atoms with Crippen molar-refractivity contribution in [2.24, 2.45) is 0 Å². The topological polar surface area (TPSA) is 50.4 Å². The van der Waals surface area contributed by atoms with Gasteiger partial charge in [-0.1, -0.05) is 47.6 Å². The highest BCUT2D eigenvalue weighted by atomic mass is 16.4. The summed E-state index contributed by atoms with van der Waals surface area (Å²) in [6, 6.07) is 4.12. The molecule has 0 aliphatic carbocycles. The standard InChI is InChI=1S/C18H24O3/c1-10-8-11-13(18(5,6)7)15(16(19)20)21-14(11)12(9-10)17(2,3)4/h8-9H,1-7H3,(H,19,20). The average molecular weight is 288 g/mol. The van der Waals surface area contributed by atoms with E-state index in [1.54, 1.807) is 0 Å². The van der Waals surface area contributed by atoms with E-state index in [0.717, 1.165) is 22.1 Å². The Morgan fingerprint density at radius 1 is 1.05 bits per heavy atom. The van der Waals surface area contributed by atoms with Crippen LogP contribution in [0.1, 0.15) is 68.8 Å². The Morgan fingerprint density at radius 3 is 2.05 bits per heavy atom. The number of benzene rings is 1. The van der Waals surface area contributed by atoms with E-state index in [0.29, 0.717) is 5.58 Å². The third-order valence-electron chi connectivity index (χ3n) is 3.69. The molecule has 0 unspecified atom stereocenters. The van der Waals surface area contributed by atoms with E-state index in [9.17, 15) is 9.90 Å². The van der Waals surface area contributed by atoms with Gasteiger partial charge in [0.2, 0.25) is 5.76 Å². The van der Waals surface area contributed by atoms with Gasteiger partial charge in [0.1, 0.15) is 5.58 Å². The highest BCUT2D eigenvalue weighted by Gasteiger charge is 2.31. The molecule has 1 aromatic carbocycles. The van der Waals surface area contributed by atoms with Crippen molar-refractivity contribution in [1.82, 2.24) is 0 Å². The maximum atomic E-state index is 11.6. The second-order valence-electron chi connectivity index (χ2n) is 7.80. The fraction of sp³-hybridized carbons (Fsp3) is 0.500. The van der Waals surface area contributed by atoms with Crippen LogP contribution in [0.15, 0.2) is 16.5 Å². The first-order valence-electron chi connectivity index (χ1n) is 7.24. The molecule has 1 aromatic heterocycles. The zero-order valence-electron chi connectivity index (χ0n) is 13.9. The van der Waals surface area contributed by atoms with Crippen LogP contribution in [0.3, 0.4) is 0 Å². The molecule has 1 N–H and O–H groups in total. The van der Waals surface area contributed by atoms with Crippen LogP contribution in [-0.4, -0.2) is 11.1 Å². The minimum absolute atomic E-state index is 0.0635. The van der Waals surface area contributed by atoms with E-state index in [1.807, 2.05) is 33.8 Å². The summed E-state index contributed by atoms with van der Waals surface area (Å²) in [6.45, 7) is 14.4. The first-order valence-corrected chi connectivity index (χ1v) is 7.24. The summed E-state index contributed by atoms with van der Waals surface area (Å²) in [5.74, 6) is -0.942. The average Bonchev–Trinajstić information content (AvgIpc) is 2.64. The van der Waals surface area contributed by atoms with Crippen molar-refractivity contribution in [3.05, 3.63) is 34.6 Å². The first-order chi connectivity index (χ1) is 9.43. The van der Waals surface area contributed by atoms with Gasteiger partial charge in [-0.25, -0.2) is 4.79 Å². The van der Waals surface area contributed by atoms with E-state index in [-0.39, 0.29) is 16.6 Å². The minimum atomic E-state index is -1.01. The Hall–Kier alpha value is -1.77. The smallest absolute Gasteiger partial charge is 0.372 e. The second kappa shape index (κ2) is 4.62. The number of carboxylic acids is 1. The summed E-state index contributed by atoms with van der Waals surface area (Å²) in [7, 11) is 0. The van der Waals surface area contributed by atoms with Gasteiger partial charge < -0.3 is 9.52 Å². The van der Waals surface area contributed by atoms with Crippen LogP contribution >= 0.6 is 0 Å². The summed E-state index contributed by atoms with van der Waals surface area (Å²) < 4.78 is 5.80. The van der Waals surface area contributed by atoms with Crippen molar-refractivity contribution in [3.8, 4) is 0 Å². The molecule has 0 amide bonds. The maximum Gasteiger partial charge on any atom is 0.372 e. The number of hydrogen-bond acceptors (Lipinski definition) is 2. The van der Waals surface area contributed by atoms with Gasteiger partial charge in [0.05, 0.1) is 0 Å². The number of aryl methyl sites for hydroxylation is 1. The van der Waals surface area contributed by atoms with Crippen LogP contribution in [0.5, 0.6) is 0 Å². The molecule has 2 rings (SSSR count). The lowest BCUT2D eigenvalue weighted by molar-refractivity contribution is 0.0661. The van der Waals surface area contributed by atoms with E-state index in [4.69, 9.17) is 4.42 Å². The highest BCUT2D eigenvalue weighted by molar-refractivity contribution is 5.97. The summed E-state index contributed by atoms with van der Waals surface area (Å²) in [5, 5.41) is 10.4. The molecule has 0 radical (unpaired) electrons. The molecule has 0 aliphatic heterocycles. The molecule has 0 spiro atoms. The number of carboxylic acid groups (broad SMARTS) is 1. The number of hydrogen-bond donors (Lipinski definition) is 1. The van der Waals surface area contributed by atoms with Gasteiger partial charge in [-0.3, -0.25) is 0 Å². The summed E-state index contributed by atoms with van der Waals surface area (Å²) in [6.07, 6.45) is 0. The van der Waals surface area contributed by atoms with Gasteiger partial charge >= 0.3 is 5.97 Å². The molecule has 21 heavy (non-hydrogen) atoms. The molecule has 0 aliphatic rings. The maximum absolute atomic E-state index is 11.6. The fourth-order valence-corrected chi connectivity index (χ4v) is 2.80. The van der Waals surface area contributed by atoms with Crippen LogP contribution in [0.4, 0.5) is 0 Å². The third-order valence-corrected chi connectivity index (χ3v) is 3.69. The van der Waals surface area contributed by atoms with Gasteiger partial charge in [-0.15, -0.1) is 0 Å². The number of carbonyl (C=O) groups is 1. The number of aromatic carboxylic acids is 1. The summed E-state index contributed by atoms with van der Waals surface area (Å²) >= 11 is 0. The molecular formula is C18H24O3. The number of furan rings is 1. The van der Waals surface area contributed by atoms with Gasteiger partial charge in [0.25, 0.3) is 0 Å². The molecule has 0 bridgehead atoms. The van der Waals surface area contributed by atoms with E-state index in [1.165, 1.54) is 0 Å². The predicted octanol–water partition coefficient (Wildman–Crippen LogP) is 5.03. The van der Waals surface area contributed by atoms with Crippen molar-refractivity contribution in [2.45, 2.75) is 59.3 Å². The molecular weight excluding hydrogens is 264 g/mol. The van der Waals surface area contributed by atoms with Crippen molar-refractivity contribution in [1.29, 1.82) is 0 Å². The molecule has 0 fully saturated rings. The SMILES string of the molecule is Cc1cc(C(C)(C)C)c2oc(C(=O)O)c(C(C)(C)C)c2c1. The summed E-state index contributed by atoms with van der Waals surface area (Å²) in [4.78, 5) is 11.6. The van der Waals surface area contributed by atoms with Crippen molar-refractivity contribution < 1.29 is 14.3 Å². The van der Waals surface area contributed by atoms with E-state index >= 15 is 0 Å². The van der Waals surface area contributed by atoms with Crippen molar-refractivity contribution >= 4 is 16.9 Å². The van der Waals surface area contributed by atoms with Crippen LogP contribution in [-0.2, 0) is 10.8 Å². The lowest BCUT2D eigenvalue weighted by atomic mass is 9.81. The van der Waals surface area contributed by atoms with E-state index < -0.39 is 5.97 Å². The molecule has 0 atom stereocenters. The quantitative estimate of drug-likeness (QED) is 0.800. The van der Waals surface area contributed by atoms with Crippen LogP contribution < -0.4 is 0 Å². The van der Waals surface area contributed by atoms with Crippen LogP contribution in [0.25, 0.3) is 11.0 Å². The number of fused-ring (bicyclic) bond motifs is 1. The predicted molar refractivity (Wildman–Crippen MR) is 85.3 cm³/mol. The zero-order chi connectivity index (χ0) is 16.2. The van der Waals surface area contributed by atoms with Gasteiger partial charge in [-0.05, 0) is 29.4 Å². The third kappa shape index (κ3) is 2.69. The molecule has 0 saturated carbocycles. The van der Waals surface area contributed by atoms with Crippen molar-refractivity contribution in [3.63, 3.8) is 0 Å². The monoisotopic (exact) mass is 288 g/mol. The lowest BCUT2D eigenvalue weighted by Crippen LogP contribution is -2.15. The molecule has 3 nitrogen and oxygen atoms in total. The van der Waals surface area contributed by atoms with Gasteiger partial charge in [0, 0.05) is 16.5 Å². The second-order valence-corrected chi connectivity index (χ2v) is 7.80. The molecule has 1 heterocycles. The Labute approximate surface area is 126 Å². The van der Waals surface area contributed by atoms with Crippen LogP contribution in [0, 0.1) is 6.92 Å². The van der Waals surface area contributed by atoms with Crippen molar-refractivity contribution in [2.75, 3.05) is 0 Å². The zero-order valence-corrected chi connectivity index (χ0v) is 13.9. The number of rotatable bonds is 1.